The molecule has 1 aromatic heterocycles. The van der Waals surface area contributed by atoms with E-state index in [0.29, 0.717) is 12.8 Å². The van der Waals surface area contributed by atoms with Gasteiger partial charge < -0.3 is 4.74 Å². The van der Waals surface area contributed by atoms with Gasteiger partial charge >= 0.3 is 5.97 Å². The van der Waals surface area contributed by atoms with Gasteiger partial charge in [-0.3, -0.25) is 9.78 Å². The number of carbonyl (C=O) groups excluding carboxylic acids is 1. The van der Waals surface area contributed by atoms with E-state index in [2.05, 4.69) is 4.98 Å². The molecule has 2 heterocycles. The monoisotopic (exact) mass is 318 g/mol. The SMILES string of the molecule is CCOC(=O)C1CCCN1S(=O)(=O)c1cnccc1Cl. The van der Waals surface area contributed by atoms with Gasteiger partial charge in [-0.2, -0.15) is 4.31 Å². The number of carbonyl (C=O) groups is 1. The highest BCUT2D eigenvalue weighted by atomic mass is 35.5. The van der Waals surface area contributed by atoms with Gasteiger partial charge in [-0.25, -0.2) is 8.42 Å². The van der Waals surface area contributed by atoms with E-state index >= 15 is 0 Å². The molecular formula is C12H15ClN2O4S. The molecule has 1 aliphatic heterocycles. The number of sulfonamides is 1. The van der Waals surface area contributed by atoms with Crippen molar-refractivity contribution in [1.82, 2.24) is 9.29 Å². The first kappa shape index (κ1) is 15.2. The zero-order valence-corrected chi connectivity index (χ0v) is 12.5. The molecule has 8 heteroatoms. The standard InChI is InChI=1S/C12H15ClN2O4S/c1-2-19-12(16)10-4-3-7-15(10)20(17,18)11-8-14-6-5-9(11)13/h5-6,8,10H,2-4,7H2,1H3. The first-order valence-electron chi connectivity index (χ1n) is 6.26. The van der Waals surface area contributed by atoms with Gasteiger partial charge in [-0.15, -0.1) is 0 Å². The number of rotatable bonds is 4. The summed E-state index contributed by atoms with van der Waals surface area (Å²) in [6, 6.07) is 0.625. The van der Waals surface area contributed by atoms with Gasteiger partial charge in [-0.1, -0.05) is 11.6 Å². The molecule has 0 aliphatic carbocycles. The number of hydrogen-bond donors (Lipinski definition) is 0. The van der Waals surface area contributed by atoms with Crippen LogP contribution >= 0.6 is 11.6 Å². The Hall–Kier alpha value is -1.18. The Morgan fingerprint density at radius 1 is 1.60 bits per heavy atom. The van der Waals surface area contributed by atoms with Gasteiger partial charge in [0.05, 0.1) is 11.6 Å². The van der Waals surface area contributed by atoms with Crippen LogP contribution in [0, 0.1) is 0 Å². The van der Waals surface area contributed by atoms with Crippen LogP contribution in [0.3, 0.4) is 0 Å². The maximum absolute atomic E-state index is 12.6. The highest BCUT2D eigenvalue weighted by Crippen LogP contribution is 2.29. The van der Waals surface area contributed by atoms with Gasteiger partial charge in [0, 0.05) is 18.9 Å². The van der Waals surface area contributed by atoms with Crippen LogP contribution in [0.1, 0.15) is 19.8 Å². The zero-order chi connectivity index (χ0) is 14.8. The third-order valence-corrected chi connectivity index (χ3v) is 5.46. The lowest BCUT2D eigenvalue weighted by molar-refractivity contribution is -0.146. The van der Waals surface area contributed by atoms with Crippen molar-refractivity contribution in [2.45, 2.75) is 30.7 Å². The molecule has 0 N–H and O–H groups in total. The molecule has 110 valence electrons. The fourth-order valence-corrected chi connectivity index (χ4v) is 4.24. The summed E-state index contributed by atoms with van der Waals surface area (Å²) >= 11 is 5.91. The van der Waals surface area contributed by atoms with E-state index < -0.39 is 22.0 Å². The minimum absolute atomic E-state index is 0.0853. The number of halogens is 1. The molecule has 6 nitrogen and oxygen atoms in total. The van der Waals surface area contributed by atoms with Crippen molar-refractivity contribution in [2.75, 3.05) is 13.2 Å². The number of pyridine rings is 1. The number of hydrogen-bond acceptors (Lipinski definition) is 5. The summed E-state index contributed by atoms with van der Waals surface area (Å²) in [5.41, 5.74) is 0. The molecule has 1 aromatic rings. The summed E-state index contributed by atoms with van der Waals surface area (Å²) in [5, 5.41) is 0.0921. The van der Waals surface area contributed by atoms with Crippen LogP contribution in [0.5, 0.6) is 0 Å². The summed E-state index contributed by atoms with van der Waals surface area (Å²) in [6.07, 6.45) is 3.67. The Kier molecular flexibility index (Phi) is 4.62. The first-order valence-corrected chi connectivity index (χ1v) is 8.08. The third kappa shape index (κ3) is 2.79. The predicted octanol–water partition coefficient (Wildman–Crippen LogP) is 1.45. The summed E-state index contributed by atoms with van der Waals surface area (Å²) in [5.74, 6) is -0.520. The van der Waals surface area contributed by atoms with Crippen molar-refractivity contribution >= 4 is 27.6 Å². The average molecular weight is 319 g/mol. The van der Waals surface area contributed by atoms with Crippen LogP contribution in [0.25, 0.3) is 0 Å². The molecule has 20 heavy (non-hydrogen) atoms. The molecular weight excluding hydrogens is 304 g/mol. The second-order valence-corrected chi connectivity index (χ2v) is 6.60. The van der Waals surface area contributed by atoms with Crippen molar-refractivity contribution in [1.29, 1.82) is 0 Å². The van der Waals surface area contributed by atoms with Crippen molar-refractivity contribution in [3.63, 3.8) is 0 Å². The van der Waals surface area contributed by atoms with E-state index in [1.807, 2.05) is 0 Å². The van der Waals surface area contributed by atoms with Crippen LogP contribution in [0.15, 0.2) is 23.4 Å². The number of esters is 1. The van der Waals surface area contributed by atoms with Crippen LogP contribution in [0.4, 0.5) is 0 Å². The van der Waals surface area contributed by atoms with E-state index in [4.69, 9.17) is 16.3 Å². The molecule has 0 aromatic carbocycles. The molecule has 0 amide bonds. The van der Waals surface area contributed by atoms with E-state index in [0.717, 1.165) is 4.31 Å². The van der Waals surface area contributed by atoms with Gasteiger partial charge in [0.15, 0.2) is 0 Å². The largest absolute Gasteiger partial charge is 0.465 e. The second-order valence-electron chi connectivity index (χ2n) is 4.33. The van der Waals surface area contributed by atoms with E-state index in [1.165, 1.54) is 18.5 Å². The summed E-state index contributed by atoms with van der Waals surface area (Å²) in [4.78, 5) is 15.5. The maximum Gasteiger partial charge on any atom is 0.324 e. The maximum atomic E-state index is 12.6. The van der Waals surface area contributed by atoms with E-state index in [9.17, 15) is 13.2 Å². The van der Waals surface area contributed by atoms with Crippen molar-refractivity contribution in [3.05, 3.63) is 23.5 Å². The molecule has 0 saturated carbocycles. The van der Waals surface area contributed by atoms with Crippen molar-refractivity contribution in [2.24, 2.45) is 0 Å². The molecule has 0 spiro atoms. The quantitative estimate of drug-likeness (QED) is 0.785. The Morgan fingerprint density at radius 3 is 3.00 bits per heavy atom. The van der Waals surface area contributed by atoms with Crippen molar-refractivity contribution < 1.29 is 17.9 Å². The lowest BCUT2D eigenvalue weighted by Crippen LogP contribution is -2.41. The van der Waals surface area contributed by atoms with Crippen LogP contribution in [0.2, 0.25) is 5.02 Å². The summed E-state index contributed by atoms with van der Waals surface area (Å²) in [7, 11) is -3.84. The van der Waals surface area contributed by atoms with Crippen LogP contribution < -0.4 is 0 Å². The lowest BCUT2D eigenvalue weighted by Gasteiger charge is -2.22. The lowest BCUT2D eigenvalue weighted by atomic mass is 10.2. The third-order valence-electron chi connectivity index (χ3n) is 3.08. The summed E-state index contributed by atoms with van der Waals surface area (Å²) in [6.45, 7) is 2.18. The molecule has 2 rings (SSSR count). The molecule has 1 aliphatic rings. The fraction of sp³-hybridized carbons (Fsp3) is 0.500. The Balaban J connectivity index is 2.34. The van der Waals surface area contributed by atoms with E-state index in [-0.39, 0.29) is 23.1 Å². The molecule has 1 fully saturated rings. The van der Waals surface area contributed by atoms with Gasteiger partial charge in [0.25, 0.3) is 0 Å². The Labute approximate surface area is 122 Å². The molecule has 1 atom stereocenters. The summed E-state index contributed by atoms with van der Waals surface area (Å²) < 4.78 is 31.2. The number of ether oxygens (including phenoxy) is 1. The highest BCUT2D eigenvalue weighted by Gasteiger charge is 2.41. The number of aromatic nitrogens is 1. The average Bonchev–Trinajstić information content (AvgIpc) is 2.89. The highest BCUT2D eigenvalue weighted by molar-refractivity contribution is 7.89. The van der Waals surface area contributed by atoms with Crippen LogP contribution in [-0.2, 0) is 19.6 Å². The topological polar surface area (TPSA) is 76.6 Å². The molecule has 0 bridgehead atoms. The molecule has 1 saturated heterocycles. The molecule has 1 unspecified atom stereocenters. The van der Waals surface area contributed by atoms with Gasteiger partial charge in [0.2, 0.25) is 10.0 Å². The Bertz CT molecular complexity index is 605. The second kappa shape index (κ2) is 6.07. The Morgan fingerprint density at radius 2 is 2.35 bits per heavy atom. The smallest absolute Gasteiger partial charge is 0.324 e. The van der Waals surface area contributed by atoms with Gasteiger partial charge in [-0.05, 0) is 25.8 Å². The zero-order valence-electron chi connectivity index (χ0n) is 11.0. The normalized spacial score (nSPS) is 20.0. The minimum Gasteiger partial charge on any atom is -0.465 e. The number of nitrogens with zero attached hydrogens (tertiary/aromatic N) is 2. The van der Waals surface area contributed by atoms with Crippen LogP contribution in [-0.4, -0.2) is 42.9 Å². The van der Waals surface area contributed by atoms with Crippen molar-refractivity contribution in [3.8, 4) is 0 Å². The molecule has 0 radical (unpaired) electrons. The fourth-order valence-electron chi connectivity index (χ4n) is 2.18. The predicted molar refractivity (Wildman–Crippen MR) is 72.8 cm³/mol. The van der Waals surface area contributed by atoms with Gasteiger partial charge in [0.1, 0.15) is 10.9 Å². The minimum atomic E-state index is -3.84. The van der Waals surface area contributed by atoms with E-state index in [1.54, 1.807) is 6.92 Å². The first-order chi connectivity index (χ1) is 9.48.